The Morgan fingerprint density at radius 3 is 2.71 bits per heavy atom. The maximum absolute atomic E-state index is 13.9. The lowest BCUT2D eigenvalue weighted by atomic mass is 10.2. The third kappa shape index (κ3) is 3.62. The van der Waals surface area contributed by atoms with Crippen molar-refractivity contribution in [2.75, 3.05) is 33.3 Å². The van der Waals surface area contributed by atoms with Crippen LogP contribution in [0.25, 0.3) is 0 Å². The highest BCUT2D eigenvalue weighted by Crippen LogP contribution is 2.28. The van der Waals surface area contributed by atoms with E-state index in [0.29, 0.717) is 24.5 Å². The lowest BCUT2D eigenvalue weighted by Gasteiger charge is -2.23. The number of rotatable bonds is 3. The number of benzene rings is 2. The second-order valence-electron chi connectivity index (χ2n) is 6.97. The van der Waals surface area contributed by atoms with E-state index in [-0.39, 0.29) is 16.5 Å². The first-order valence-corrected chi connectivity index (χ1v) is 10.7. The molecule has 0 aliphatic carbocycles. The van der Waals surface area contributed by atoms with E-state index in [1.165, 1.54) is 13.2 Å². The predicted molar refractivity (Wildman–Crippen MR) is 105 cm³/mol. The highest BCUT2D eigenvalue weighted by Gasteiger charge is 2.32. The standard InChI is InChI=1S/C20H22FN3O3S/c1-27-18-8-7-15(13-17(18)21)14-23-9-4-10-24(12-11-23)20-16-5-2-3-6-19(16)28(25,26)22-20/h2-3,5-8,13H,4,9-12,14H2,1H3. The molecule has 4 rings (SSSR count). The van der Waals surface area contributed by atoms with Crippen molar-refractivity contribution in [3.63, 3.8) is 0 Å². The fraction of sp³-hybridized carbons (Fsp3) is 0.350. The topological polar surface area (TPSA) is 62.2 Å². The average Bonchev–Trinajstić information content (AvgIpc) is 2.82. The van der Waals surface area contributed by atoms with Crippen molar-refractivity contribution in [3.8, 4) is 5.75 Å². The Labute approximate surface area is 164 Å². The summed E-state index contributed by atoms with van der Waals surface area (Å²) in [6.07, 6.45) is 0.875. The molecule has 1 saturated heterocycles. The van der Waals surface area contributed by atoms with Gasteiger partial charge in [0.05, 0.1) is 7.11 Å². The monoisotopic (exact) mass is 403 g/mol. The molecule has 2 aromatic rings. The molecule has 148 valence electrons. The summed E-state index contributed by atoms with van der Waals surface area (Å²) in [5.74, 6) is 0.413. The number of fused-ring (bicyclic) bond motifs is 1. The van der Waals surface area contributed by atoms with Crippen LogP contribution in [-0.2, 0) is 16.6 Å². The number of sulfonamides is 1. The van der Waals surface area contributed by atoms with Crippen LogP contribution in [0.5, 0.6) is 5.75 Å². The van der Waals surface area contributed by atoms with Crippen molar-refractivity contribution in [1.29, 1.82) is 0 Å². The Morgan fingerprint density at radius 1 is 1.11 bits per heavy atom. The van der Waals surface area contributed by atoms with Crippen LogP contribution in [0, 0.1) is 5.82 Å². The molecule has 8 heteroatoms. The zero-order valence-corrected chi connectivity index (χ0v) is 16.5. The van der Waals surface area contributed by atoms with E-state index >= 15 is 0 Å². The van der Waals surface area contributed by atoms with Gasteiger partial charge in [-0.1, -0.05) is 18.2 Å². The molecular formula is C20H22FN3O3S. The summed E-state index contributed by atoms with van der Waals surface area (Å²) >= 11 is 0. The van der Waals surface area contributed by atoms with E-state index in [0.717, 1.165) is 31.6 Å². The third-order valence-corrected chi connectivity index (χ3v) is 6.45. The molecule has 2 aliphatic rings. The van der Waals surface area contributed by atoms with Crippen molar-refractivity contribution in [1.82, 2.24) is 9.80 Å². The van der Waals surface area contributed by atoms with Gasteiger partial charge in [0.2, 0.25) is 0 Å². The lowest BCUT2D eigenvalue weighted by molar-refractivity contribution is 0.277. The van der Waals surface area contributed by atoms with E-state index < -0.39 is 10.0 Å². The molecule has 6 nitrogen and oxygen atoms in total. The van der Waals surface area contributed by atoms with Crippen LogP contribution in [0.1, 0.15) is 17.5 Å². The van der Waals surface area contributed by atoms with Crippen LogP contribution in [0.4, 0.5) is 4.39 Å². The molecule has 0 amide bonds. The Kier molecular flexibility index (Phi) is 5.07. The fourth-order valence-electron chi connectivity index (χ4n) is 3.72. The zero-order valence-electron chi connectivity index (χ0n) is 15.6. The number of hydrogen-bond donors (Lipinski definition) is 0. The molecular weight excluding hydrogens is 381 g/mol. The third-order valence-electron chi connectivity index (χ3n) is 5.12. The van der Waals surface area contributed by atoms with Gasteiger partial charge in [0, 0.05) is 38.3 Å². The van der Waals surface area contributed by atoms with Gasteiger partial charge in [-0.15, -0.1) is 4.40 Å². The first-order valence-electron chi connectivity index (χ1n) is 9.22. The number of nitrogens with zero attached hydrogens (tertiary/aromatic N) is 3. The smallest absolute Gasteiger partial charge is 0.285 e. The Bertz CT molecular complexity index is 1020. The van der Waals surface area contributed by atoms with E-state index in [1.54, 1.807) is 18.2 Å². The second-order valence-corrected chi connectivity index (χ2v) is 8.54. The maximum atomic E-state index is 13.9. The van der Waals surface area contributed by atoms with E-state index in [1.807, 2.05) is 23.1 Å². The summed E-state index contributed by atoms with van der Waals surface area (Å²) in [4.78, 5) is 4.56. The van der Waals surface area contributed by atoms with Crippen molar-refractivity contribution in [2.24, 2.45) is 4.40 Å². The van der Waals surface area contributed by atoms with Crippen LogP contribution in [0.3, 0.4) is 0 Å². The summed E-state index contributed by atoms with van der Waals surface area (Å²) < 4.78 is 47.6. The summed E-state index contributed by atoms with van der Waals surface area (Å²) in [5.41, 5.74) is 1.56. The first-order chi connectivity index (χ1) is 13.5. The summed E-state index contributed by atoms with van der Waals surface area (Å²) in [5, 5.41) is 0. The molecule has 0 radical (unpaired) electrons. The number of halogens is 1. The minimum absolute atomic E-state index is 0.241. The van der Waals surface area contributed by atoms with Crippen LogP contribution in [0.2, 0.25) is 0 Å². The van der Waals surface area contributed by atoms with Gasteiger partial charge < -0.3 is 9.64 Å². The largest absolute Gasteiger partial charge is 0.494 e. The minimum atomic E-state index is -3.61. The quantitative estimate of drug-likeness (QED) is 0.788. The molecule has 2 heterocycles. The highest BCUT2D eigenvalue weighted by atomic mass is 32.2. The Balaban J connectivity index is 1.47. The molecule has 28 heavy (non-hydrogen) atoms. The number of amidine groups is 1. The molecule has 0 N–H and O–H groups in total. The van der Waals surface area contributed by atoms with E-state index in [4.69, 9.17) is 4.74 Å². The SMILES string of the molecule is COc1ccc(CN2CCCN(C3=NS(=O)(=O)c4ccccc43)CC2)cc1F. The van der Waals surface area contributed by atoms with E-state index in [9.17, 15) is 12.8 Å². The molecule has 0 saturated carbocycles. The number of hydrogen-bond acceptors (Lipinski definition) is 5. The molecule has 2 aromatic carbocycles. The highest BCUT2D eigenvalue weighted by molar-refractivity contribution is 7.90. The van der Waals surface area contributed by atoms with Gasteiger partial charge in [0.15, 0.2) is 17.4 Å². The van der Waals surface area contributed by atoms with Gasteiger partial charge in [-0.3, -0.25) is 4.90 Å². The van der Waals surface area contributed by atoms with Gasteiger partial charge in [-0.2, -0.15) is 8.42 Å². The second kappa shape index (κ2) is 7.52. The number of ether oxygens (including phenoxy) is 1. The van der Waals surface area contributed by atoms with Crippen molar-refractivity contribution >= 4 is 15.9 Å². The summed E-state index contributed by atoms with van der Waals surface area (Å²) in [7, 11) is -2.16. The molecule has 0 aromatic heterocycles. The predicted octanol–water partition coefficient (Wildman–Crippen LogP) is 2.49. The van der Waals surface area contributed by atoms with Gasteiger partial charge in [0.25, 0.3) is 10.0 Å². The molecule has 0 atom stereocenters. The van der Waals surface area contributed by atoms with Crippen molar-refractivity contribution in [2.45, 2.75) is 17.9 Å². The Hall–Kier alpha value is -2.45. The van der Waals surface area contributed by atoms with E-state index in [2.05, 4.69) is 9.30 Å². The summed E-state index contributed by atoms with van der Waals surface area (Å²) in [6.45, 7) is 3.63. The Morgan fingerprint density at radius 2 is 1.93 bits per heavy atom. The van der Waals surface area contributed by atoms with Crippen LogP contribution in [0.15, 0.2) is 51.8 Å². The average molecular weight is 403 g/mol. The number of methoxy groups -OCH3 is 1. The minimum Gasteiger partial charge on any atom is -0.494 e. The molecule has 0 spiro atoms. The molecule has 0 bridgehead atoms. The summed E-state index contributed by atoms with van der Waals surface area (Å²) in [6, 6.07) is 12.0. The molecule has 0 unspecified atom stereocenters. The molecule has 2 aliphatic heterocycles. The fourth-order valence-corrected chi connectivity index (χ4v) is 4.95. The van der Waals surface area contributed by atoms with Gasteiger partial charge >= 0.3 is 0 Å². The van der Waals surface area contributed by atoms with Crippen LogP contribution in [-0.4, -0.2) is 57.3 Å². The first kappa shape index (κ1) is 18.9. The lowest BCUT2D eigenvalue weighted by Crippen LogP contribution is -2.35. The normalized spacial score (nSPS) is 19.1. The zero-order chi connectivity index (χ0) is 19.7. The van der Waals surface area contributed by atoms with Gasteiger partial charge in [-0.05, 0) is 36.2 Å². The maximum Gasteiger partial charge on any atom is 0.285 e. The van der Waals surface area contributed by atoms with Crippen molar-refractivity contribution < 1.29 is 17.5 Å². The molecule has 1 fully saturated rings. The van der Waals surface area contributed by atoms with Crippen LogP contribution >= 0.6 is 0 Å². The van der Waals surface area contributed by atoms with Gasteiger partial charge in [0.1, 0.15) is 4.90 Å². The van der Waals surface area contributed by atoms with Crippen molar-refractivity contribution in [3.05, 3.63) is 59.4 Å². The van der Waals surface area contributed by atoms with Gasteiger partial charge in [-0.25, -0.2) is 4.39 Å². The van der Waals surface area contributed by atoms with Crippen LogP contribution < -0.4 is 4.74 Å².